The van der Waals surface area contributed by atoms with Gasteiger partial charge in [0.2, 0.25) is 15.9 Å². The molecule has 0 saturated carbocycles. The number of aryl methyl sites for hydroxylation is 1. The summed E-state index contributed by atoms with van der Waals surface area (Å²) in [6, 6.07) is 6.83. The van der Waals surface area contributed by atoms with Gasteiger partial charge in [-0.2, -0.15) is 4.31 Å². The fourth-order valence-electron chi connectivity index (χ4n) is 3.00. The first kappa shape index (κ1) is 23.3. The smallest absolute Gasteiger partial charge is 0.319 e. The molecule has 10 heteroatoms. The van der Waals surface area contributed by atoms with Crippen molar-refractivity contribution < 1.29 is 22.7 Å². The Morgan fingerprint density at radius 2 is 1.76 bits per heavy atom. The summed E-state index contributed by atoms with van der Waals surface area (Å²) in [5.41, 5.74) is 1.01. The molecule has 9 nitrogen and oxygen atoms in total. The highest BCUT2D eigenvalue weighted by Crippen LogP contribution is 2.18. The molecule has 1 fully saturated rings. The van der Waals surface area contributed by atoms with Crippen LogP contribution in [-0.2, 0) is 24.3 Å². The summed E-state index contributed by atoms with van der Waals surface area (Å²) in [6.45, 7) is 4.97. The predicted octanol–water partition coefficient (Wildman–Crippen LogP) is -0.478. The monoisotopic (exact) mass is 426 g/mol. The lowest BCUT2D eigenvalue weighted by Gasteiger charge is -2.33. The maximum Gasteiger partial charge on any atom is 0.319 e. The lowest BCUT2D eigenvalue weighted by atomic mass is 10.2. The molecule has 0 radical (unpaired) electrons. The SMILES string of the molecule is COC(=O)CN(C)CCNC(=O)CN1CCN(S(=O)(=O)c2ccc(C)cc2)CC1. The topological polar surface area (TPSA) is 99.3 Å². The molecule has 162 valence electrons. The first-order chi connectivity index (χ1) is 13.7. The minimum absolute atomic E-state index is 0.119. The molecule has 0 aliphatic carbocycles. The third kappa shape index (κ3) is 7.07. The second-order valence-electron chi connectivity index (χ2n) is 7.16. The second kappa shape index (κ2) is 10.7. The Bertz CT molecular complexity index is 789. The number of piperazine rings is 1. The summed E-state index contributed by atoms with van der Waals surface area (Å²) in [6.07, 6.45) is 0. The minimum Gasteiger partial charge on any atom is -0.468 e. The number of hydrogen-bond donors (Lipinski definition) is 1. The van der Waals surface area contributed by atoms with E-state index in [1.807, 2.05) is 11.8 Å². The van der Waals surface area contributed by atoms with E-state index in [4.69, 9.17) is 0 Å². The first-order valence-corrected chi connectivity index (χ1v) is 11.0. The van der Waals surface area contributed by atoms with Crippen molar-refractivity contribution in [2.24, 2.45) is 0 Å². The highest BCUT2D eigenvalue weighted by Gasteiger charge is 2.28. The summed E-state index contributed by atoms with van der Waals surface area (Å²) < 4.78 is 31.5. The van der Waals surface area contributed by atoms with Gasteiger partial charge in [0.1, 0.15) is 0 Å². The van der Waals surface area contributed by atoms with E-state index in [2.05, 4.69) is 10.1 Å². The number of rotatable bonds is 9. The lowest BCUT2D eigenvalue weighted by Crippen LogP contribution is -2.51. The molecule has 1 aliphatic heterocycles. The van der Waals surface area contributed by atoms with Crippen molar-refractivity contribution in [1.82, 2.24) is 19.4 Å². The lowest BCUT2D eigenvalue weighted by molar-refractivity contribution is -0.141. The molecule has 1 amide bonds. The number of benzene rings is 1. The minimum atomic E-state index is -3.50. The van der Waals surface area contributed by atoms with E-state index in [-0.39, 0.29) is 25.0 Å². The van der Waals surface area contributed by atoms with E-state index in [0.29, 0.717) is 44.2 Å². The van der Waals surface area contributed by atoms with Crippen LogP contribution >= 0.6 is 0 Å². The zero-order valence-electron chi connectivity index (χ0n) is 17.3. The van der Waals surface area contributed by atoms with Crippen molar-refractivity contribution in [3.05, 3.63) is 29.8 Å². The van der Waals surface area contributed by atoms with Gasteiger partial charge in [0, 0.05) is 39.3 Å². The fourth-order valence-corrected chi connectivity index (χ4v) is 4.42. The van der Waals surface area contributed by atoms with E-state index in [0.717, 1.165) is 5.56 Å². The summed E-state index contributed by atoms with van der Waals surface area (Å²) >= 11 is 0. The van der Waals surface area contributed by atoms with Crippen LogP contribution in [-0.4, -0.2) is 101 Å². The Kier molecular flexibility index (Phi) is 8.57. The number of carbonyl (C=O) groups excluding carboxylic acids is 2. The summed E-state index contributed by atoms with van der Waals surface area (Å²) in [5.74, 6) is -0.441. The van der Waals surface area contributed by atoms with Crippen molar-refractivity contribution in [3.63, 3.8) is 0 Å². The molecule has 1 aromatic carbocycles. The molecule has 0 atom stereocenters. The van der Waals surface area contributed by atoms with Gasteiger partial charge in [-0.1, -0.05) is 17.7 Å². The molecule has 1 aliphatic rings. The van der Waals surface area contributed by atoms with Gasteiger partial charge in [0.05, 0.1) is 25.1 Å². The maximum atomic E-state index is 12.7. The van der Waals surface area contributed by atoms with E-state index >= 15 is 0 Å². The number of methoxy groups -OCH3 is 1. The predicted molar refractivity (Wildman–Crippen MR) is 109 cm³/mol. The van der Waals surface area contributed by atoms with E-state index < -0.39 is 10.0 Å². The van der Waals surface area contributed by atoms with Crippen molar-refractivity contribution in [2.45, 2.75) is 11.8 Å². The van der Waals surface area contributed by atoms with Crippen LogP contribution in [0.25, 0.3) is 0 Å². The normalized spacial score (nSPS) is 16.0. The van der Waals surface area contributed by atoms with Crippen molar-refractivity contribution in [2.75, 3.05) is 66.5 Å². The number of ether oxygens (including phenoxy) is 1. The fraction of sp³-hybridized carbons (Fsp3) is 0.579. The van der Waals surface area contributed by atoms with Crippen LogP contribution in [0.15, 0.2) is 29.2 Å². The Morgan fingerprint density at radius 3 is 2.34 bits per heavy atom. The number of esters is 1. The van der Waals surface area contributed by atoms with Crippen LogP contribution in [0, 0.1) is 6.92 Å². The Labute approximate surface area is 172 Å². The van der Waals surface area contributed by atoms with Gasteiger partial charge in [-0.15, -0.1) is 0 Å². The van der Waals surface area contributed by atoms with E-state index in [1.165, 1.54) is 11.4 Å². The molecular weight excluding hydrogens is 396 g/mol. The highest BCUT2D eigenvalue weighted by molar-refractivity contribution is 7.89. The van der Waals surface area contributed by atoms with Crippen molar-refractivity contribution in [3.8, 4) is 0 Å². The number of sulfonamides is 1. The van der Waals surface area contributed by atoms with E-state index in [1.54, 1.807) is 36.2 Å². The van der Waals surface area contributed by atoms with Gasteiger partial charge in [-0.05, 0) is 26.1 Å². The van der Waals surface area contributed by atoms with E-state index in [9.17, 15) is 18.0 Å². The molecule has 1 N–H and O–H groups in total. The summed E-state index contributed by atoms with van der Waals surface area (Å²) in [5, 5.41) is 2.82. The number of amides is 1. The molecule has 0 aromatic heterocycles. The van der Waals surface area contributed by atoms with Crippen LogP contribution in [0.3, 0.4) is 0 Å². The zero-order chi connectivity index (χ0) is 21.4. The van der Waals surface area contributed by atoms with Crippen LogP contribution in [0.4, 0.5) is 0 Å². The largest absolute Gasteiger partial charge is 0.468 e. The van der Waals surface area contributed by atoms with Crippen LogP contribution < -0.4 is 5.32 Å². The van der Waals surface area contributed by atoms with Gasteiger partial charge in [-0.25, -0.2) is 8.42 Å². The van der Waals surface area contributed by atoms with Gasteiger partial charge in [-0.3, -0.25) is 19.4 Å². The quantitative estimate of drug-likeness (QED) is 0.533. The number of nitrogens with one attached hydrogen (secondary N) is 1. The standard InChI is InChI=1S/C19H30N4O5S/c1-16-4-6-17(7-5-16)29(26,27)23-12-10-22(11-13-23)14-18(24)20-8-9-21(2)15-19(25)28-3/h4-7H,8-15H2,1-3H3,(H,20,24). The number of nitrogens with zero attached hydrogens (tertiary/aromatic N) is 3. The maximum absolute atomic E-state index is 12.7. The zero-order valence-corrected chi connectivity index (χ0v) is 18.1. The molecule has 1 heterocycles. The number of hydrogen-bond acceptors (Lipinski definition) is 7. The number of carbonyl (C=O) groups is 2. The van der Waals surface area contributed by atoms with Crippen molar-refractivity contribution in [1.29, 1.82) is 0 Å². The molecule has 1 saturated heterocycles. The van der Waals surface area contributed by atoms with Gasteiger partial charge >= 0.3 is 5.97 Å². The van der Waals surface area contributed by atoms with Crippen molar-refractivity contribution >= 4 is 21.9 Å². The summed E-state index contributed by atoms with van der Waals surface area (Å²) in [4.78, 5) is 27.3. The molecule has 2 rings (SSSR count). The van der Waals surface area contributed by atoms with Gasteiger partial charge < -0.3 is 10.1 Å². The Morgan fingerprint density at radius 1 is 1.14 bits per heavy atom. The molecule has 29 heavy (non-hydrogen) atoms. The molecule has 0 unspecified atom stereocenters. The molecule has 0 spiro atoms. The third-order valence-electron chi connectivity index (χ3n) is 4.80. The van der Waals surface area contributed by atoms with Crippen LogP contribution in [0.1, 0.15) is 5.56 Å². The second-order valence-corrected chi connectivity index (χ2v) is 9.10. The van der Waals surface area contributed by atoms with Gasteiger partial charge in [0.25, 0.3) is 0 Å². The van der Waals surface area contributed by atoms with Crippen LogP contribution in [0.2, 0.25) is 0 Å². The third-order valence-corrected chi connectivity index (χ3v) is 6.71. The first-order valence-electron chi connectivity index (χ1n) is 9.53. The Balaban J connectivity index is 1.73. The summed E-state index contributed by atoms with van der Waals surface area (Å²) in [7, 11) is -0.392. The number of likely N-dealkylation sites (N-methyl/N-ethyl adjacent to an activating group) is 1. The van der Waals surface area contributed by atoms with Crippen LogP contribution in [0.5, 0.6) is 0 Å². The Hall–Kier alpha value is -2.01. The average Bonchev–Trinajstić information content (AvgIpc) is 2.68. The average molecular weight is 427 g/mol. The molecule has 0 bridgehead atoms. The molecule has 1 aromatic rings. The molecular formula is C19H30N4O5S. The van der Waals surface area contributed by atoms with Gasteiger partial charge in [0.15, 0.2) is 0 Å². The highest BCUT2D eigenvalue weighted by atomic mass is 32.2.